The van der Waals surface area contributed by atoms with Gasteiger partial charge in [-0.25, -0.2) is 9.79 Å². The van der Waals surface area contributed by atoms with E-state index in [0.717, 1.165) is 0 Å². The molecule has 2 aromatic carbocycles. The molecule has 0 fully saturated rings. The zero-order chi connectivity index (χ0) is 19.4. The summed E-state index contributed by atoms with van der Waals surface area (Å²) in [5.41, 5.74) is 0.718. The van der Waals surface area contributed by atoms with Crippen LogP contribution < -0.4 is 4.74 Å². The van der Waals surface area contributed by atoms with Gasteiger partial charge in [-0.2, -0.15) is 0 Å². The van der Waals surface area contributed by atoms with Crippen LogP contribution in [0.5, 0.6) is 5.75 Å². The summed E-state index contributed by atoms with van der Waals surface area (Å²) in [4.78, 5) is 26.6. The van der Waals surface area contributed by atoms with Crippen LogP contribution in [-0.2, 0) is 9.53 Å². The van der Waals surface area contributed by atoms with Crippen LogP contribution in [0.4, 0.5) is 5.69 Å². The Balaban J connectivity index is 1.93. The molecular formula is C19H13ClN2O5. The third-order valence-corrected chi connectivity index (χ3v) is 3.87. The standard InChI is InChI=1S/C19H13ClN2O5/c1-2-8-26-14-5-3-4-12(9-14)10-17-19(23)27-18(21-17)15-11-13(22(24)25)6-7-16(15)20/h2-7,9-11H,1,8H2/b17-10-. The van der Waals surface area contributed by atoms with E-state index < -0.39 is 10.9 Å². The van der Waals surface area contributed by atoms with Crippen LogP contribution in [0, 0.1) is 10.1 Å². The summed E-state index contributed by atoms with van der Waals surface area (Å²) in [7, 11) is 0. The van der Waals surface area contributed by atoms with Crippen LogP contribution in [0.25, 0.3) is 6.08 Å². The Kier molecular flexibility index (Phi) is 5.33. The smallest absolute Gasteiger partial charge is 0.363 e. The quantitative estimate of drug-likeness (QED) is 0.245. The van der Waals surface area contributed by atoms with Crippen LogP contribution in [-0.4, -0.2) is 23.4 Å². The van der Waals surface area contributed by atoms with Crippen molar-refractivity contribution in [3.8, 4) is 5.75 Å². The Bertz CT molecular complexity index is 997. The van der Waals surface area contributed by atoms with Crippen molar-refractivity contribution in [1.29, 1.82) is 0 Å². The molecule has 0 N–H and O–H groups in total. The predicted octanol–water partition coefficient (Wildman–Crippen LogP) is 4.16. The number of cyclic esters (lactones) is 1. The molecule has 0 saturated heterocycles. The molecular weight excluding hydrogens is 372 g/mol. The van der Waals surface area contributed by atoms with E-state index in [1.54, 1.807) is 30.3 Å². The van der Waals surface area contributed by atoms with Gasteiger partial charge < -0.3 is 9.47 Å². The fourth-order valence-corrected chi connectivity index (χ4v) is 2.52. The van der Waals surface area contributed by atoms with Gasteiger partial charge in [0.15, 0.2) is 5.70 Å². The Morgan fingerprint density at radius 3 is 2.85 bits per heavy atom. The minimum Gasteiger partial charge on any atom is -0.490 e. The number of rotatable bonds is 6. The molecule has 0 unspecified atom stereocenters. The van der Waals surface area contributed by atoms with E-state index in [0.29, 0.717) is 17.9 Å². The zero-order valence-electron chi connectivity index (χ0n) is 13.9. The normalized spacial score (nSPS) is 14.6. The number of nitro groups is 1. The third kappa shape index (κ3) is 4.21. The summed E-state index contributed by atoms with van der Waals surface area (Å²) in [6, 6.07) is 10.9. The van der Waals surface area contributed by atoms with Gasteiger partial charge in [0, 0.05) is 12.1 Å². The number of nitro benzene ring substituents is 1. The summed E-state index contributed by atoms with van der Waals surface area (Å²) in [5, 5.41) is 11.1. The minimum absolute atomic E-state index is 0.0495. The van der Waals surface area contributed by atoms with Crippen molar-refractivity contribution in [2.45, 2.75) is 0 Å². The molecule has 0 bridgehead atoms. The second-order valence-electron chi connectivity index (χ2n) is 5.43. The number of hydrogen-bond donors (Lipinski definition) is 0. The van der Waals surface area contributed by atoms with Crippen LogP contribution in [0.2, 0.25) is 5.02 Å². The Hall–Kier alpha value is -3.45. The molecule has 0 saturated carbocycles. The average molecular weight is 385 g/mol. The van der Waals surface area contributed by atoms with Crippen molar-refractivity contribution in [3.63, 3.8) is 0 Å². The lowest BCUT2D eigenvalue weighted by Gasteiger charge is -2.03. The maximum Gasteiger partial charge on any atom is 0.363 e. The van der Waals surface area contributed by atoms with Gasteiger partial charge in [-0.3, -0.25) is 10.1 Å². The van der Waals surface area contributed by atoms with E-state index in [2.05, 4.69) is 11.6 Å². The highest BCUT2D eigenvalue weighted by Crippen LogP contribution is 2.27. The first-order valence-corrected chi connectivity index (χ1v) is 8.16. The van der Waals surface area contributed by atoms with Gasteiger partial charge in [0.25, 0.3) is 5.69 Å². The van der Waals surface area contributed by atoms with Crippen LogP contribution in [0.15, 0.2) is 65.8 Å². The van der Waals surface area contributed by atoms with E-state index in [4.69, 9.17) is 21.1 Å². The van der Waals surface area contributed by atoms with Gasteiger partial charge in [0.05, 0.1) is 15.5 Å². The van der Waals surface area contributed by atoms with E-state index in [1.165, 1.54) is 24.3 Å². The molecule has 0 aromatic heterocycles. The van der Waals surface area contributed by atoms with Crippen LogP contribution >= 0.6 is 11.6 Å². The monoisotopic (exact) mass is 384 g/mol. The van der Waals surface area contributed by atoms with Gasteiger partial charge in [-0.15, -0.1) is 0 Å². The van der Waals surface area contributed by atoms with Crippen molar-refractivity contribution in [1.82, 2.24) is 0 Å². The van der Waals surface area contributed by atoms with Crippen molar-refractivity contribution in [2.75, 3.05) is 6.61 Å². The van der Waals surface area contributed by atoms with Crippen molar-refractivity contribution in [2.24, 2.45) is 4.99 Å². The topological polar surface area (TPSA) is 91.0 Å². The average Bonchev–Trinajstić information content (AvgIpc) is 3.00. The number of carbonyl (C=O) groups excluding carboxylic acids is 1. The first kappa shape index (κ1) is 18.3. The highest BCUT2D eigenvalue weighted by Gasteiger charge is 2.27. The number of aliphatic imine (C=N–C) groups is 1. The molecule has 0 radical (unpaired) electrons. The number of ether oxygens (including phenoxy) is 2. The molecule has 7 nitrogen and oxygen atoms in total. The molecule has 0 amide bonds. The summed E-state index contributed by atoms with van der Waals surface area (Å²) in [5.74, 6) is -0.148. The summed E-state index contributed by atoms with van der Waals surface area (Å²) >= 11 is 6.07. The molecule has 8 heteroatoms. The lowest BCUT2D eigenvalue weighted by atomic mass is 10.2. The van der Waals surface area contributed by atoms with E-state index in [1.807, 2.05) is 0 Å². The number of nitrogens with zero attached hydrogens (tertiary/aromatic N) is 2. The van der Waals surface area contributed by atoms with Gasteiger partial charge in [0.2, 0.25) is 5.90 Å². The number of halogens is 1. The first-order chi connectivity index (χ1) is 13.0. The van der Waals surface area contributed by atoms with E-state index in [-0.39, 0.29) is 27.9 Å². The molecule has 0 atom stereocenters. The van der Waals surface area contributed by atoms with Crippen molar-refractivity contribution < 1.29 is 19.2 Å². The number of carbonyl (C=O) groups is 1. The second kappa shape index (κ2) is 7.84. The number of benzene rings is 2. The Morgan fingerprint density at radius 1 is 1.30 bits per heavy atom. The van der Waals surface area contributed by atoms with Gasteiger partial charge in [-0.1, -0.05) is 36.4 Å². The summed E-state index contributed by atoms with van der Waals surface area (Å²) in [6.07, 6.45) is 3.15. The van der Waals surface area contributed by atoms with Crippen molar-refractivity contribution >= 4 is 35.2 Å². The highest BCUT2D eigenvalue weighted by atomic mass is 35.5. The summed E-state index contributed by atoms with van der Waals surface area (Å²) < 4.78 is 10.6. The highest BCUT2D eigenvalue weighted by molar-refractivity contribution is 6.34. The molecule has 0 aliphatic carbocycles. The minimum atomic E-state index is -0.676. The van der Waals surface area contributed by atoms with Crippen molar-refractivity contribution in [3.05, 3.63) is 87.1 Å². The molecule has 0 spiro atoms. The van der Waals surface area contributed by atoms with Gasteiger partial charge in [-0.05, 0) is 29.8 Å². The molecule has 1 aliphatic rings. The number of non-ortho nitro benzene ring substituents is 1. The van der Waals surface area contributed by atoms with Crippen LogP contribution in [0.1, 0.15) is 11.1 Å². The molecule has 3 rings (SSSR count). The van der Waals surface area contributed by atoms with E-state index in [9.17, 15) is 14.9 Å². The largest absolute Gasteiger partial charge is 0.490 e. The second-order valence-corrected chi connectivity index (χ2v) is 5.84. The van der Waals surface area contributed by atoms with Gasteiger partial charge in [0.1, 0.15) is 12.4 Å². The number of esters is 1. The molecule has 2 aromatic rings. The summed E-state index contributed by atoms with van der Waals surface area (Å²) in [6.45, 7) is 3.94. The number of hydrogen-bond acceptors (Lipinski definition) is 6. The fourth-order valence-electron chi connectivity index (χ4n) is 2.32. The zero-order valence-corrected chi connectivity index (χ0v) is 14.7. The maximum absolute atomic E-state index is 12.1. The van der Waals surface area contributed by atoms with Crippen LogP contribution in [0.3, 0.4) is 0 Å². The van der Waals surface area contributed by atoms with Gasteiger partial charge >= 0.3 is 5.97 Å². The Labute approximate surface area is 159 Å². The fraction of sp³-hybridized carbons (Fsp3) is 0.0526. The molecule has 1 aliphatic heterocycles. The third-order valence-electron chi connectivity index (χ3n) is 3.54. The predicted molar refractivity (Wildman–Crippen MR) is 101 cm³/mol. The maximum atomic E-state index is 12.1. The SMILES string of the molecule is C=CCOc1cccc(/C=C2\N=C(c3cc([N+](=O)[O-])ccc3Cl)OC2=O)c1. The lowest BCUT2D eigenvalue weighted by molar-refractivity contribution is -0.384. The Morgan fingerprint density at radius 2 is 2.11 bits per heavy atom. The first-order valence-electron chi connectivity index (χ1n) is 7.78. The molecule has 27 heavy (non-hydrogen) atoms. The molecule has 136 valence electrons. The van der Waals surface area contributed by atoms with E-state index >= 15 is 0 Å². The molecule has 1 heterocycles. The lowest BCUT2D eigenvalue weighted by Crippen LogP contribution is -2.06.